The van der Waals surface area contributed by atoms with Gasteiger partial charge in [-0.15, -0.1) is 0 Å². The van der Waals surface area contributed by atoms with E-state index in [0.29, 0.717) is 13.0 Å². The monoisotopic (exact) mass is 494 g/mol. The second kappa shape index (κ2) is 23.3. The maximum Gasteiger partial charge on any atom is 0.469 e. The first-order valence-electron chi connectivity index (χ1n) is 13.4. The van der Waals surface area contributed by atoms with Gasteiger partial charge in [0.05, 0.1) is 13.2 Å². The Hall–Kier alpha value is -0.460. The molecule has 0 aromatic rings. The number of hydrogen-bond donors (Lipinski definition) is 2. The molecule has 33 heavy (non-hydrogen) atoms. The van der Waals surface area contributed by atoms with Crippen LogP contribution in [-0.4, -0.2) is 41.7 Å². The highest BCUT2D eigenvalue weighted by Gasteiger charge is 2.21. The van der Waals surface area contributed by atoms with Gasteiger partial charge in [0.1, 0.15) is 6.10 Å². The minimum Gasteiger partial charge on any atom is -0.457 e. The first kappa shape index (κ1) is 32.5. The summed E-state index contributed by atoms with van der Waals surface area (Å²) in [6, 6.07) is 0. The average molecular weight is 495 g/mol. The van der Waals surface area contributed by atoms with Crippen LogP contribution in [0.1, 0.15) is 129 Å². The van der Waals surface area contributed by atoms with Crippen molar-refractivity contribution in [3.63, 3.8) is 0 Å². The highest BCUT2D eigenvalue weighted by molar-refractivity contribution is 7.46. The molecule has 7 nitrogen and oxygen atoms in total. The zero-order valence-electron chi connectivity index (χ0n) is 21.3. The number of rotatable bonds is 25. The van der Waals surface area contributed by atoms with Gasteiger partial charge < -0.3 is 19.3 Å². The van der Waals surface area contributed by atoms with Crippen molar-refractivity contribution >= 4 is 13.8 Å². The summed E-state index contributed by atoms with van der Waals surface area (Å²) in [6.45, 7) is 4.36. The minimum atomic E-state index is -4.60. The molecule has 0 heterocycles. The molecule has 0 aliphatic carbocycles. The second-order valence-electron chi connectivity index (χ2n) is 9.03. The summed E-state index contributed by atoms with van der Waals surface area (Å²) < 4.78 is 26.1. The summed E-state index contributed by atoms with van der Waals surface area (Å²) in [4.78, 5) is 29.3. The van der Waals surface area contributed by atoms with Crippen molar-refractivity contribution in [2.24, 2.45) is 0 Å². The average Bonchev–Trinajstić information content (AvgIpc) is 2.76. The Morgan fingerprint density at radius 1 is 0.697 bits per heavy atom. The van der Waals surface area contributed by atoms with Gasteiger partial charge >= 0.3 is 13.8 Å². The Bertz CT molecular complexity index is 481. The molecule has 0 aliphatic heterocycles. The van der Waals surface area contributed by atoms with Crippen molar-refractivity contribution < 1.29 is 33.1 Å². The number of carbonyl (C=O) groups is 1. The number of phosphoric ester groups is 1. The van der Waals surface area contributed by atoms with Crippen LogP contribution in [0.25, 0.3) is 0 Å². The number of phosphoric acid groups is 1. The third-order valence-electron chi connectivity index (χ3n) is 5.63. The lowest BCUT2D eigenvalue weighted by Gasteiger charge is -2.18. The quantitative estimate of drug-likeness (QED) is 0.0793. The first-order chi connectivity index (χ1) is 15.9. The van der Waals surface area contributed by atoms with Gasteiger partial charge in [-0.25, -0.2) is 4.57 Å². The van der Waals surface area contributed by atoms with Crippen LogP contribution in [0.5, 0.6) is 0 Å². The molecule has 0 unspecified atom stereocenters. The molecule has 0 aromatic heterocycles. The van der Waals surface area contributed by atoms with Crippen LogP contribution in [0.4, 0.5) is 0 Å². The predicted octanol–water partition coefficient (Wildman–Crippen LogP) is 7.09. The third-order valence-corrected chi connectivity index (χ3v) is 6.11. The summed E-state index contributed by atoms with van der Waals surface area (Å²) in [6.07, 6.45) is 21.1. The van der Waals surface area contributed by atoms with Crippen molar-refractivity contribution in [3.8, 4) is 0 Å². The maximum absolute atomic E-state index is 11.6. The van der Waals surface area contributed by atoms with Crippen molar-refractivity contribution in [3.05, 3.63) is 0 Å². The standard InChI is InChI=1S/C25H51O7P/c1-3-5-6-7-8-9-10-11-12-13-14-15-16-17-18-19-21-30-22-24(23-31-33(27,28)29)32-25(26)20-4-2/h24H,3-23H2,1-2H3,(H2,27,28,29)/t24-/m1/s1. The topological polar surface area (TPSA) is 102 Å². The van der Waals surface area contributed by atoms with Gasteiger partial charge in [0, 0.05) is 13.0 Å². The van der Waals surface area contributed by atoms with Gasteiger partial charge in [0.2, 0.25) is 0 Å². The van der Waals surface area contributed by atoms with Crippen molar-refractivity contribution in [2.45, 2.75) is 136 Å². The molecule has 0 spiro atoms. The van der Waals surface area contributed by atoms with Gasteiger partial charge in [-0.05, 0) is 12.8 Å². The maximum atomic E-state index is 11.6. The molecular formula is C25H51O7P. The molecule has 0 rings (SSSR count). The summed E-state index contributed by atoms with van der Waals surface area (Å²) in [7, 11) is -4.60. The number of hydrogen-bond acceptors (Lipinski definition) is 5. The smallest absolute Gasteiger partial charge is 0.457 e. The highest BCUT2D eigenvalue weighted by Crippen LogP contribution is 2.35. The molecule has 2 N–H and O–H groups in total. The Morgan fingerprint density at radius 2 is 1.15 bits per heavy atom. The predicted molar refractivity (Wildman–Crippen MR) is 133 cm³/mol. The van der Waals surface area contributed by atoms with Crippen LogP contribution in [-0.2, 0) is 23.4 Å². The molecule has 0 saturated heterocycles. The van der Waals surface area contributed by atoms with E-state index in [0.717, 1.165) is 12.8 Å². The first-order valence-corrected chi connectivity index (χ1v) is 14.9. The van der Waals surface area contributed by atoms with Crippen molar-refractivity contribution in [2.75, 3.05) is 19.8 Å². The third kappa shape index (κ3) is 26.0. The van der Waals surface area contributed by atoms with E-state index in [4.69, 9.17) is 19.3 Å². The summed E-state index contributed by atoms with van der Waals surface area (Å²) in [5.41, 5.74) is 0. The lowest BCUT2D eigenvalue weighted by atomic mass is 10.0. The zero-order valence-corrected chi connectivity index (χ0v) is 22.2. The molecule has 1 atom stereocenters. The molecule has 0 bridgehead atoms. The Kier molecular flexibility index (Phi) is 23.0. The van der Waals surface area contributed by atoms with Crippen LogP contribution < -0.4 is 0 Å². The van der Waals surface area contributed by atoms with E-state index in [2.05, 4.69) is 11.4 Å². The van der Waals surface area contributed by atoms with E-state index in [9.17, 15) is 9.36 Å². The van der Waals surface area contributed by atoms with E-state index in [1.807, 2.05) is 6.92 Å². The fraction of sp³-hybridized carbons (Fsp3) is 0.960. The lowest BCUT2D eigenvalue weighted by Crippen LogP contribution is -2.28. The van der Waals surface area contributed by atoms with Crippen molar-refractivity contribution in [1.82, 2.24) is 0 Å². The lowest BCUT2D eigenvalue weighted by molar-refractivity contribution is -0.154. The SMILES string of the molecule is CCCCCCCCCCCCCCCCCCOC[C@H](COP(=O)(O)O)OC(=O)CCC. The van der Waals surface area contributed by atoms with Gasteiger partial charge in [-0.3, -0.25) is 9.32 Å². The van der Waals surface area contributed by atoms with Crippen LogP contribution in [0, 0.1) is 0 Å². The molecule has 0 aromatic carbocycles. The van der Waals surface area contributed by atoms with Crippen LogP contribution in [0.2, 0.25) is 0 Å². The highest BCUT2D eigenvalue weighted by atomic mass is 31.2. The number of esters is 1. The zero-order chi connectivity index (χ0) is 24.6. The molecule has 0 fully saturated rings. The largest absolute Gasteiger partial charge is 0.469 e. The number of unbranched alkanes of at least 4 members (excludes halogenated alkanes) is 15. The molecule has 198 valence electrons. The number of ether oxygens (including phenoxy) is 2. The van der Waals surface area contributed by atoms with Gasteiger partial charge in [-0.1, -0.05) is 110 Å². The Labute approximate surface area is 202 Å². The summed E-state index contributed by atoms with van der Waals surface area (Å²) in [5, 5.41) is 0. The number of carbonyl (C=O) groups excluding carboxylic acids is 1. The second-order valence-corrected chi connectivity index (χ2v) is 10.3. The Balaban J connectivity index is 3.55. The molecule has 8 heteroatoms. The van der Waals surface area contributed by atoms with E-state index in [1.54, 1.807) is 0 Å². The summed E-state index contributed by atoms with van der Waals surface area (Å²) in [5.74, 6) is -0.414. The molecule has 0 amide bonds. The summed E-state index contributed by atoms with van der Waals surface area (Å²) >= 11 is 0. The van der Waals surface area contributed by atoms with E-state index in [-0.39, 0.29) is 19.6 Å². The van der Waals surface area contributed by atoms with E-state index >= 15 is 0 Å². The van der Waals surface area contributed by atoms with E-state index < -0.39 is 19.9 Å². The molecule has 0 aliphatic rings. The van der Waals surface area contributed by atoms with E-state index in [1.165, 1.54) is 89.9 Å². The van der Waals surface area contributed by atoms with Crippen molar-refractivity contribution in [1.29, 1.82) is 0 Å². The minimum absolute atomic E-state index is 0.0776. The molecular weight excluding hydrogens is 443 g/mol. The van der Waals surface area contributed by atoms with Gasteiger partial charge in [0.15, 0.2) is 0 Å². The van der Waals surface area contributed by atoms with Crippen LogP contribution in [0.15, 0.2) is 0 Å². The van der Waals surface area contributed by atoms with Crippen LogP contribution in [0.3, 0.4) is 0 Å². The fourth-order valence-corrected chi connectivity index (χ4v) is 4.07. The normalized spacial score (nSPS) is 12.7. The van der Waals surface area contributed by atoms with Gasteiger partial charge in [0.25, 0.3) is 0 Å². The fourth-order valence-electron chi connectivity index (χ4n) is 3.71. The molecule has 0 saturated carbocycles. The Morgan fingerprint density at radius 3 is 1.58 bits per heavy atom. The van der Waals surface area contributed by atoms with Gasteiger partial charge in [-0.2, -0.15) is 0 Å². The molecule has 0 radical (unpaired) electrons. The van der Waals surface area contributed by atoms with Crippen LogP contribution >= 0.6 is 7.82 Å².